The molecule has 0 saturated carbocycles. The molecule has 3 aliphatic heterocycles. The van der Waals surface area contributed by atoms with Gasteiger partial charge in [-0.15, -0.1) is 24.0 Å². The fourth-order valence-corrected chi connectivity index (χ4v) is 5.41. The molecule has 9 heteroatoms. The molecule has 8 nitrogen and oxygen atoms in total. The molecule has 33 heavy (non-hydrogen) atoms. The number of nitrogens with zero attached hydrogens (tertiary/aromatic N) is 6. The van der Waals surface area contributed by atoms with Gasteiger partial charge in [-0.25, -0.2) is 9.67 Å². The Morgan fingerprint density at radius 3 is 2.55 bits per heavy atom. The van der Waals surface area contributed by atoms with Gasteiger partial charge in [0.15, 0.2) is 11.8 Å². The summed E-state index contributed by atoms with van der Waals surface area (Å²) in [5, 5.41) is 12.0. The van der Waals surface area contributed by atoms with E-state index in [1.165, 1.54) is 58.3 Å². The van der Waals surface area contributed by atoms with Crippen LogP contribution < -0.4 is 10.6 Å². The van der Waals surface area contributed by atoms with E-state index in [2.05, 4.69) is 52.9 Å². The van der Waals surface area contributed by atoms with E-state index in [0.29, 0.717) is 12.0 Å². The molecule has 1 unspecified atom stereocenters. The third-order valence-electron chi connectivity index (χ3n) is 7.55. The molecule has 0 aliphatic carbocycles. The molecule has 1 atom stereocenters. The number of likely N-dealkylation sites (tertiary alicyclic amines) is 2. The number of aliphatic imine (C=N–C) groups is 1. The number of aryl methyl sites for hydroxylation is 1. The van der Waals surface area contributed by atoms with Gasteiger partial charge in [0.05, 0.1) is 13.1 Å². The molecule has 1 aromatic rings. The van der Waals surface area contributed by atoms with Crippen LogP contribution in [0.5, 0.6) is 0 Å². The summed E-state index contributed by atoms with van der Waals surface area (Å²) in [4.78, 5) is 15.2. The van der Waals surface area contributed by atoms with E-state index in [1.54, 1.807) is 0 Å². The van der Waals surface area contributed by atoms with Crippen molar-refractivity contribution >= 4 is 29.9 Å². The molecule has 0 bridgehead atoms. The summed E-state index contributed by atoms with van der Waals surface area (Å²) in [5.41, 5.74) is 0.215. The van der Waals surface area contributed by atoms with Gasteiger partial charge in [0, 0.05) is 30.5 Å². The lowest BCUT2D eigenvalue weighted by Crippen LogP contribution is -2.58. The van der Waals surface area contributed by atoms with Crippen molar-refractivity contribution in [3.05, 3.63) is 11.6 Å². The topological polar surface area (TPSA) is 73.6 Å². The van der Waals surface area contributed by atoms with Crippen molar-refractivity contribution in [2.45, 2.75) is 89.8 Å². The Labute approximate surface area is 217 Å². The van der Waals surface area contributed by atoms with Crippen molar-refractivity contribution in [1.29, 1.82) is 0 Å². The number of nitrogens with one attached hydrogen (secondary N) is 2. The summed E-state index contributed by atoms with van der Waals surface area (Å²) < 4.78 is 2.10. The summed E-state index contributed by atoms with van der Waals surface area (Å²) in [6, 6.07) is 0.338. The SMILES string of the molecule is CCNC(=NCC1(N2CCCCC2)CCN(C)CC1)NC1CCc2nc(C(C)C)nn2C1.I. The third-order valence-corrected chi connectivity index (χ3v) is 7.55. The number of halogens is 1. The van der Waals surface area contributed by atoms with Gasteiger partial charge in [0.1, 0.15) is 5.82 Å². The molecule has 0 spiro atoms. The van der Waals surface area contributed by atoms with Gasteiger partial charge in [-0.2, -0.15) is 5.10 Å². The van der Waals surface area contributed by atoms with Crippen LogP contribution in [0.2, 0.25) is 0 Å². The van der Waals surface area contributed by atoms with Crippen LogP contribution in [0.3, 0.4) is 0 Å². The first-order chi connectivity index (χ1) is 15.5. The molecule has 4 rings (SSSR count). The van der Waals surface area contributed by atoms with Crippen molar-refractivity contribution < 1.29 is 0 Å². The van der Waals surface area contributed by atoms with E-state index in [1.807, 2.05) is 0 Å². The predicted molar refractivity (Wildman–Crippen MR) is 146 cm³/mol. The van der Waals surface area contributed by atoms with Crippen LogP contribution in [0, 0.1) is 0 Å². The number of aromatic nitrogens is 3. The van der Waals surface area contributed by atoms with Crippen LogP contribution >= 0.6 is 24.0 Å². The lowest BCUT2D eigenvalue weighted by molar-refractivity contribution is 0.0208. The van der Waals surface area contributed by atoms with Crippen LogP contribution in [-0.4, -0.2) is 88.4 Å². The summed E-state index contributed by atoms with van der Waals surface area (Å²) >= 11 is 0. The molecule has 4 heterocycles. The molecule has 188 valence electrons. The van der Waals surface area contributed by atoms with Crippen LogP contribution in [0.4, 0.5) is 0 Å². The highest BCUT2D eigenvalue weighted by atomic mass is 127. The van der Waals surface area contributed by atoms with Crippen LogP contribution in [0.25, 0.3) is 0 Å². The molecule has 2 saturated heterocycles. The summed E-state index contributed by atoms with van der Waals surface area (Å²) in [6.45, 7) is 13.9. The lowest BCUT2D eigenvalue weighted by Gasteiger charge is -2.49. The highest BCUT2D eigenvalue weighted by molar-refractivity contribution is 14.0. The number of piperidine rings is 2. The van der Waals surface area contributed by atoms with Crippen molar-refractivity contribution in [3.63, 3.8) is 0 Å². The van der Waals surface area contributed by atoms with Crippen molar-refractivity contribution in [2.75, 3.05) is 46.3 Å². The minimum Gasteiger partial charge on any atom is -0.357 e. The average Bonchev–Trinajstić information content (AvgIpc) is 3.23. The Morgan fingerprint density at radius 1 is 1.15 bits per heavy atom. The standard InChI is InChI=1S/C24H44N8.HI/c1-5-25-23(27-20-9-10-21-28-22(19(2)3)29-32(21)17-20)26-18-24(11-15-30(4)16-12-24)31-13-7-6-8-14-31;/h19-20H,5-18H2,1-4H3,(H2,25,26,27);1H. The van der Waals surface area contributed by atoms with Crippen LogP contribution in [-0.2, 0) is 13.0 Å². The van der Waals surface area contributed by atoms with E-state index in [4.69, 9.17) is 15.1 Å². The van der Waals surface area contributed by atoms with E-state index in [-0.39, 0.29) is 29.5 Å². The van der Waals surface area contributed by atoms with E-state index < -0.39 is 0 Å². The first-order valence-electron chi connectivity index (χ1n) is 12.9. The number of rotatable bonds is 6. The third kappa shape index (κ3) is 6.60. The molecule has 0 radical (unpaired) electrons. The maximum atomic E-state index is 5.18. The normalized spacial score (nSPS) is 24.3. The minimum atomic E-state index is 0. The Balaban J connectivity index is 0.00000306. The zero-order valence-corrected chi connectivity index (χ0v) is 23.5. The number of hydrogen-bond acceptors (Lipinski definition) is 5. The maximum absolute atomic E-state index is 5.18. The van der Waals surface area contributed by atoms with Gasteiger partial charge in [-0.1, -0.05) is 20.3 Å². The molecule has 0 amide bonds. The van der Waals surface area contributed by atoms with Crippen LogP contribution in [0.1, 0.15) is 76.9 Å². The van der Waals surface area contributed by atoms with Crippen molar-refractivity contribution in [2.24, 2.45) is 4.99 Å². The second kappa shape index (κ2) is 12.2. The summed E-state index contributed by atoms with van der Waals surface area (Å²) in [5.74, 6) is 3.43. The van der Waals surface area contributed by atoms with Gasteiger partial charge in [-0.3, -0.25) is 9.89 Å². The second-order valence-corrected chi connectivity index (χ2v) is 10.4. The maximum Gasteiger partial charge on any atom is 0.191 e. The smallest absolute Gasteiger partial charge is 0.191 e. The molecule has 2 N–H and O–H groups in total. The molecular weight excluding hydrogens is 527 g/mol. The first kappa shape index (κ1) is 26.7. The zero-order chi connectivity index (χ0) is 22.6. The lowest BCUT2D eigenvalue weighted by atomic mass is 9.84. The molecule has 3 aliphatic rings. The molecule has 1 aromatic heterocycles. The molecule has 0 aromatic carbocycles. The minimum absolute atomic E-state index is 0. The van der Waals surface area contributed by atoms with Gasteiger partial charge in [0.2, 0.25) is 0 Å². The number of fused-ring (bicyclic) bond motifs is 1. The monoisotopic (exact) mass is 572 g/mol. The number of guanidine groups is 1. The van der Waals surface area contributed by atoms with Gasteiger partial charge in [-0.05, 0) is 72.3 Å². The Kier molecular flexibility index (Phi) is 9.82. The largest absolute Gasteiger partial charge is 0.357 e. The van der Waals surface area contributed by atoms with Crippen LogP contribution in [0.15, 0.2) is 4.99 Å². The van der Waals surface area contributed by atoms with Gasteiger partial charge in [0.25, 0.3) is 0 Å². The zero-order valence-electron chi connectivity index (χ0n) is 21.1. The van der Waals surface area contributed by atoms with Gasteiger partial charge >= 0.3 is 0 Å². The average molecular weight is 573 g/mol. The van der Waals surface area contributed by atoms with Crippen molar-refractivity contribution in [1.82, 2.24) is 35.2 Å². The fraction of sp³-hybridized carbons (Fsp3) is 0.875. The van der Waals surface area contributed by atoms with Gasteiger partial charge < -0.3 is 15.5 Å². The molecular formula is C24H45IN8. The quantitative estimate of drug-likeness (QED) is 0.311. The predicted octanol–water partition coefficient (Wildman–Crippen LogP) is 2.84. The summed E-state index contributed by atoms with van der Waals surface area (Å²) in [7, 11) is 2.25. The Hall–Kier alpha value is -0.940. The Bertz CT molecular complexity index is 763. The molecule has 2 fully saturated rings. The van der Waals surface area contributed by atoms with E-state index in [9.17, 15) is 0 Å². The van der Waals surface area contributed by atoms with Crippen molar-refractivity contribution in [3.8, 4) is 0 Å². The second-order valence-electron chi connectivity index (χ2n) is 10.4. The Morgan fingerprint density at radius 2 is 1.88 bits per heavy atom. The first-order valence-corrected chi connectivity index (χ1v) is 12.9. The fourth-order valence-electron chi connectivity index (χ4n) is 5.41. The van der Waals surface area contributed by atoms with E-state index >= 15 is 0 Å². The summed E-state index contributed by atoms with van der Waals surface area (Å²) in [6.07, 6.45) is 8.53. The highest BCUT2D eigenvalue weighted by Gasteiger charge is 2.39. The number of hydrogen-bond donors (Lipinski definition) is 2. The highest BCUT2D eigenvalue weighted by Crippen LogP contribution is 2.31. The van der Waals surface area contributed by atoms with E-state index in [0.717, 1.165) is 50.1 Å².